The zero-order chi connectivity index (χ0) is 29.7. The average molecular weight is 566 g/mol. The lowest BCUT2D eigenvalue weighted by Crippen LogP contribution is -2.37. The lowest BCUT2D eigenvalue weighted by molar-refractivity contribution is -0.192. The van der Waals surface area contributed by atoms with Crippen molar-refractivity contribution in [3.63, 3.8) is 0 Å². The van der Waals surface area contributed by atoms with Crippen molar-refractivity contribution in [1.29, 1.82) is 0 Å². The van der Waals surface area contributed by atoms with E-state index >= 15 is 0 Å². The molecule has 41 heavy (non-hydrogen) atoms. The van der Waals surface area contributed by atoms with Crippen molar-refractivity contribution in [3.8, 4) is 0 Å². The van der Waals surface area contributed by atoms with Crippen molar-refractivity contribution in [2.75, 3.05) is 22.5 Å². The van der Waals surface area contributed by atoms with E-state index in [1.807, 2.05) is 91.9 Å². The van der Waals surface area contributed by atoms with E-state index < -0.39 is 18.2 Å². The highest BCUT2D eigenvalue weighted by molar-refractivity contribution is 5.96. The summed E-state index contributed by atoms with van der Waals surface area (Å²) in [4.78, 5) is 31.2. The topological polar surface area (TPSA) is 116 Å². The SMILES string of the molecule is Cc1cc(N[C@@H](Cc2ccccc2)C(=O)Nc2ccccc2)nc(NCCc2ccccc2)n1.O=C(O)C(F)(F)F. The Morgan fingerprint density at radius 2 is 1.39 bits per heavy atom. The van der Waals surface area contributed by atoms with Gasteiger partial charge >= 0.3 is 12.1 Å². The summed E-state index contributed by atoms with van der Waals surface area (Å²) in [7, 11) is 0. The summed E-state index contributed by atoms with van der Waals surface area (Å²) in [5, 5.41) is 16.8. The molecule has 0 aliphatic carbocycles. The highest BCUT2D eigenvalue weighted by Crippen LogP contribution is 2.16. The molecule has 0 aliphatic rings. The Hall–Kier alpha value is -4.93. The Morgan fingerprint density at radius 1 is 0.854 bits per heavy atom. The first-order valence-corrected chi connectivity index (χ1v) is 12.7. The van der Waals surface area contributed by atoms with Crippen molar-refractivity contribution in [2.45, 2.75) is 32.0 Å². The van der Waals surface area contributed by atoms with Crippen molar-refractivity contribution in [2.24, 2.45) is 0 Å². The molecular formula is C30H30F3N5O3. The molecule has 4 aromatic rings. The number of aromatic nitrogens is 2. The molecule has 1 aromatic heterocycles. The van der Waals surface area contributed by atoms with Crippen LogP contribution in [-0.2, 0) is 22.4 Å². The largest absolute Gasteiger partial charge is 0.490 e. The van der Waals surface area contributed by atoms with Gasteiger partial charge in [0.1, 0.15) is 11.9 Å². The number of benzene rings is 3. The van der Waals surface area contributed by atoms with Crippen LogP contribution in [-0.4, -0.2) is 45.7 Å². The highest BCUT2D eigenvalue weighted by Gasteiger charge is 2.38. The summed E-state index contributed by atoms with van der Waals surface area (Å²) in [5.74, 6) is -1.73. The first kappa shape index (κ1) is 30.6. The predicted octanol–water partition coefficient (Wildman–Crippen LogP) is 5.73. The van der Waals surface area contributed by atoms with E-state index in [9.17, 15) is 18.0 Å². The first-order valence-electron chi connectivity index (χ1n) is 12.7. The van der Waals surface area contributed by atoms with Gasteiger partial charge in [-0.3, -0.25) is 4.79 Å². The number of anilines is 3. The zero-order valence-corrected chi connectivity index (χ0v) is 22.2. The van der Waals surface area contributed by atoms with Crippen LogP contribution >= 0.6 is 0 Å². The molecule has 0 aliphatic heterocycles. The van der Waals surface area contributed by atoms with Gasteiger partial charge in [0, 0.05) is 30.4 Å². The molecule has 0 bridgehead atoms. The molecule has 1 atom stereocenters. The second-order valence-electron chi connectivity index (χ2n) is 8.93. The molecule has 1 amide bonds. The number of carbonyl (C=O) groups is 2. The van der Waals surface area contributed by atoms with Crippen molar-refractivity contribution < 1.29 is 27.9 Å². The van der Waals surface area contributed by atoms with Crippen molar-refractivity contribution in [3.05, 3.63) is 114 Å². The van der Waals surface area contributed by atoms with E-state index in [1.54, 1.807) is 0 Å². The van der Waals surface area contributed by atoms with Crippen LogP contribution < -0.4 is 16.0 Å². The van der Waals surface area contributed by atoms with Crippen LogP contribution in [0.2, 0.25) is 0 Å². The maximum Gasteiger partial charge on any atom is 0.490 e. The third kappa shape index (κ3) is 11.0. The highest BCUT2D eigenvalue weighted by atomic mass is 19.4. The van der Waals surface area contributed by atoms with E-state index in [-0.39, 0.29) is 5.91 Å². The van der Waals surface area contributed by atoms with Crippen molar-refractivity contribution >= 4 is 29.3 Å². The number of carboxylic acid groups (broad SMARTS) is 1. The lowest BCUT2D eigenvalue weighted by Gasteiger charge is -2.20. The fourth-order valence-corrected chi connectivity index (χ4v) is 3.67. The summed E-state index contributed by atoms with van der Waals surface area (Å²) < 4.78 is 31.7. The number of aliphatic carboxylic acids is 1. The Bertz CT molecular complexity index is 1390. The zero-order valence-electron chi connectivity index (χ0n) is 22.2. The number of para-hydroxylation sites is 1. The Kier molecular flexibility index (Phi) is 11.2. The van der Waals surface area contributed by atoms with Gasteiger partial charge in [0.25, 0.3) is 0 Å². The monoisotopic (exact) mass is 565 g/mol. The van der Waals surface area contributed by atoms with Crippen LogP contribution in [0.1, 0.15) is 16.8 Å². The van der Waals surface area contributed by atoms with E-state index in [2.05, 4.69) is 38.1 Å². The molecule has 0 saturated carbocycles. The number of nitrogens with one attached hydrogen (secondary N) is 3. The molecular weight excluding hydrogens is 535 g/mol. The quantitative estimate of drug-likeness (QED) is 0.194. The molecule has 0 spiro atoms. The molecule has 11 heteroatoms. The number of rotatable bonds is 10. The number of hydrogen-bond donors (Lipinski definition) is 4. The number of halogens is 3. The summed E-state index contributed by atoms with van der Waals surface area (Å²) >= 11 is 0. The van der Waals surface area contributed by atoms with Crippen LogP contribution in [0.4, 0.5) is 30.6 Å². The molecule has 0 saturated heterocycles. The predicted molar refractivity (Wildman–Crippen MR) is 152 cm³/mol. The fraction of sp³-hybridized carbons (Fsp3) is 0.200. The second kappa shape index (κ2) is 15.0. The van der Waals surface area contributed by atoms with Gasteiger partial charge in [-0.2, -0.15) is 18.2 Å². The number of alkyl halides is 3. The van der Waals surface area contributed by atoms with Crippen LogP contribution in [0.15, 0.2) is 97.1 Å². The number of hydrogen-bond acceptors (Lipinski definition) is 6. The van der Waals surface area contributed by atoms with E-state index in [4.69, 9.17) is 9.90 Å². The number of nitrogens with zero attached hydrogens (tertiary/aromatic N) is 2. The molecule has 0 unspecified atom stereocenters. The lowest BCUT2D eigenvalue weighted by atomic mass is 10.0. The van der Waals surface area contributed by atoms with E-state index in [1.165, 1.54) is 5.56 Å². The van der Waals surface area contributed by atoms with Crippen molar-refractivity contribution in [1.82, 2.24) is 9.97 Å². The molecule has 4 N–H and O–H groups in total. The maximum atomic E-state index is 13.2. The van der Waals surface area contributed by atoms with Gasteiger partial charge < -0.3 is 21.1 Å². The minimum atomic E-state index is -5.08. The molecule has 4 rings (SSSR count). The molecule has 214 valence electrons. The molecule has 3 aromatic carbocycles. The minimum Gasteiger partial charge on any atom is -0.475 e. The fourth-order valence-electron chi connectivity index (χ4n) is 3.67. The van der Waals surface area contributed by atoms with Crippen LogP contribution in [0.3, 0.4) is 0 Å². The number of carboxylic acids is 1. The number of aryl methyl sites for hydroxylation is 1. The summed E-state index contributed by atoms with van der Waals surface area (Å²) in [6, 6.07) is 31.1. The molecule has 0 radical (unpaired) electrons. The average Bonchev–Trinajstić information content (AvgIpc) is 2.94. The molecule has 1 heterocycles. The minimum absolute atomic E-state index is 0.120. The van der Waals surface area contributed by atoms with Crippen LogP contribution in [0, 0.1) is 6.92 Å². The van der Waals surface area contributed by atoms with Crippen LogP contribution in [0.25, 0.3) is 0 Å². The molecule has 0 fully saturated rings. The third-order valence-electron chi connectivity index (χ3n) is 5.60. The Labute approximate surface area is 235 Å². The van der Waals surface area contributed by atoms with Gasteiger partial charge in [-0.15, -0.1) is 0 Å². The Balaban J connectivity index is 0.000000587. The van der Waals surface area contributed by atoms with Gasteiger partial charge in [-0.1, -0.05) is 78.9 Å². The first-order chi connectivity index (χ1) is 19.6. The van der Waals surface area contributed by atoms with Gasteiger partial charge in [-0.05, 0) is 36.6 Å². The van der Waals surface area contributed by atoms with Gasteiger partial charge in [0.15, 0.2) is 0 Å². The normalized spacial score (nSPS) is 11.4. The standard InChI is InChI=1S/C28H29N5O.C2HF3O2/c1-21-19-26(33-28(30-21)29-18-17-22-11-5-2-6-12-22)32-25(20-23-13-7-3-8-14-23)27(34)31-24-15-9-4-10-16-24;3-2(4,5)1(6)7/h2-16,19,25H,17-18,20H2,1H3,(H,31,34)(H2,29,30,32,33);(H,6,7)/t25-;/m0./s1. The number of carbonyl (C=O) groups excluding carboxylic acids is 1. The smallest absolute Gasteiger partial charge is 0.475 e. The van der Waals surface area contributed by atoms with Gasteiger partial charge in [0.2, 0.25) is 11.9 Å². The Morgan fingerprint density at radius 3 is 1.95 bits per heavy atom. The van der Waals surface area contributed by atoms with Gasteiger partial charge in [0.05, 0.1) is 0 Å². The van der Waals surface area contributed by atoms with E-state index in [0.29, 0.717) is 18.2 Å². The third-order valence-corrected chi connectivity index (χ3v) is 5.60. The summed E-state index contributed by atoms with van der Waals surface area (Å²) in [6.07, 6.45) is -3.68. The van der Waals surface area contributed by atoms with Gasteiger partial charge in [-0.25, -0.2) is 9.78 Å². The van der Waals surface area contributed by atoms with E-state index in [0.717, 1.165) is 29.9 Å². The summed E-state index contributed by atoms with van der Waals surface area (Å²) in [6.45, 7) is 2.64. The summed E-state index contributed by atoms with van der Waals surface area (Å²) in [5.41, 5.74) is 3.90. The number of amides is 1. The molecule has 8 nitrogen and oxygen atoms in total. The maximum absolute atomic E-state index is 13.2. The second-order valence-corrected chi connectivity index (χ2v) is 8.93. The van der Waals surface area contributed by atoms with Crippen LogP contribution in [0.5, 0.6) is 0 Å².